The van der Waals surface area contributed by atoms with Crippen LogP contribution in [0.15, 0.2) is 6.20 Å². The van der Waals surface area contributed by atoms with E-state index in [0.717, 1.165) is 10.0 Å². The highest BCUT2D eigenvalue weighted by Gasteiger charge is 2.33. The summed E-state index contributed by atoms with van der Waals surface area (Å²) in [5.74, 6) is 0.0631. The van der Waals surface area contributed by atoms with Crippen LogP contribution >= 0.6 is 23.1 Å². The highest BCUT2D eigenvalue weighted by atomic mass is 32.2. The van der Waals surface area contributed by atoms with Gasteiger partial charge >= 0.3 is 0 Å². The highest BCUT2D eigenvalue weighted by Crippen LogP contribution is 2.30. The van der Waals surface area contributed by atoms with Gasteiger partial charge in [0, 0.05) is 36.2 Å². The molecule has 0 bridgehead atoms. The molecule has 1 atom stereocenters. The third-order valence-electron chi connectivity index (χ3n) is 2.26. The molecular weight excluding hydrogens is 244 g/mol. The molecule has 1 aliphatic rings. The maximum absolute atomic E-state index is 11.7. The van der Waals surface area contributed by atoms with Crippen LogP contribution in [-0.2, 0) is 9.59 Å². The SMILES string of the molecule is CC(=O)SC1CC(=O)N(c2ncc(C)s2)C1. The first-order valence-electron chi connectivity index (χ1n) is 4.96. The molecule has 1 aromatic heterocycles. The fraction of sp³-hybridized carbons (Fsp3) is 0.500. The molecule has 2 heterocycles. The van der Waals surface area contributed by atoms with E-state index in [-0.39, 0.29) is 16.3 Å². The van der Waals surface area contributed by atoms with Gasteiger partial charge in [0.2, 0.25) is 5.91 Å². The van der Waals surface area contributed by atoms with E-state index in [0.29, 0.717) is 13.0 Å². The van der Waals surface area contributed by atoms with Gasteiger partial charge in [-0.05, 0) is 6.92 Å². The molecule has 0 radical (unpaired) electrons. The Hall–Kier alpha value is -0.880. The van der Waals surface area contributed by atoms with Crippen LogP contribution in [0, 0.1) is 6.92 Å². The molecular formula is C10H12N2O2S2. The number of rotatable bonds is 2. The average Bonchev–Trinajstić information content (AvgIpc) is 2.72. The Labute approximate surface area is 102 Å². The molecule has 1 unspecified atom stereocenters. The molecule has 0 N–H and O–H groups in total. The summed E-state index contributed by atoms with van der Waals surface area (Å²) in [6.07, 6.45) is 2.20. The summed E-state index contributed by atoms with van der Waals surface area (Å²) in [7, 11) is 0. The van der Waals surface area contributed by atoms with E-state index < -0.39 is 0 Å². The summed E-state index contributed by atoms with van der Waals surface area (Å²) in [5, 5.41) is 0.887. The van der Waals surface area contributed by atoms with Crippen molar-refractivity contribution in [3.63, 3.8) is 0 Å². The fourth-order valence-electron chi connectivity index (χ4n) is 1.64. The van der Waals surface area contributed by atoms with Crippen LogP contribution in [0.5, 0.6) is 0 Å². The number of anilines is 1. The Kier molecular flexibility index (Phi) is 3.30. The second-order valence-corrected chi connectivity index (χ2v) is 6.38. The summed E-state index contributed by atoms with van der Waals surface area (Å²) in [5.41, 5.74) is 0. The van der Waals surface area contributed by atoms with Crippen LogP contribution in [0.2, 0.25) is 0 Å². The summed E-state index contributed by atoms with van der Waals surface area (Å²) in [4.78, 5) is 29.7. The van der Waals surface area contributed by atoms with Gasteiger partial charge in [-0.25, -0.2) is 4.98 Å². The topological polar surface area (TPSA) is 50.3 Å². The van der Waals surface area contributed by atoms with Crippen LogP contribution in [0.3, 0.4) is 0 Å². The van der Waals surface area contributed by atoms with E-state index in [1.54, 1.807) is 11.1 Å². The minimum atomic E-state index is 0.0631. The van der Waals surface area contributed by atoms with Crippen molar-refractivity contribution in [2.45, 2.75) is 25.5 Å². The van der Waals surface area contributed by atoms with Gasteiger partial charge in [-0.15, -0.1) is 11.3 Å². The van der Waals surface area contributed by atoms with Gasteiger partial charge in [-0.3, -0.25) is 14.5 Å². The lowest BCUT2D eigenvalue weighted by atomic mass is 10.4. The molecule has 1 amide bonds. The highest BCUT2D eigenvalue weighted by molar-refractivity contribution is 8.14. The van der Waals surface area contributed by atoms with E-state index in [1.165, 1.54) is 30.0 Å². The molecule has 0 saturated carbocycles. The van der Waals surface area contributed by atoms with E-state index in [9.17, 15) is 9.59 Å². The first-order chi connectivity index (χ1) is 7.56. The van der Waals surface area contributed by atoms with Crippen LogP contribution in [0.4, 0.5) is 5.13 Å². The van der Waals surface area contributed by atoms with E-state index >= 15 is 0 Å². The predicted octanol–water partition coefficient (Wildman–Crippen LogP) is 1.84. The van der Waals surface area contributed by atoms with Crippen LogP contribution in [0.1, 0.15) is 18.2 Å². The first kappa shape index (κ1) is 11.6. The zero-order chi connectivity index (χ0) is 11.7. The van der Waals surface area contributed by atoms with Crippen molar-refractivity contribution in [2.24, 2.45) is 0 Å². The smallest absolute Gasteiger partial charge is 0.230 e. The van der Waals surface area contributed by atoms with Gasteiger partial charge in [0.1, 0.15) is 0 Å². The molecule has 0 spiro atoms. The average molecular weight is 256 g/mol. The van der Waals surface area contributed by atoms with Gasteiger partial charge in [0.05, 0.1) is 0 Å². The Morgan fingerprint density at radius 3 is 3.00 bits per heavy atom. The number of thiazole rings is 1. The Morgan fingerprint density at radius 2 is 2.44 bits per heavy atom. The zero-order valence-corrected chi connectivity index (χ0v) is 10.7. The third-order valence-corrected chi connectivity index (χ3v) is 4.18. The monoisotopic (exact) mass is 256 g/mol. The normalized spacial score (nSPS) is 20.5. The maximum atomic E-state index is 11.7. The second kappa shape index (κ2) is 4.55. The summed E-state index contributed by atoms with van der Waals surface area (Å²) < 4.78 is 0. The van der Waals surface area contributed by atoms with Crippen molar-refractivity contribution in [3.05, 3.63) is 11.1 Å². The minimum Gasteiger partial charge on any atom is -0.288 e. The van der Waals surface area contributed by atoms with E-state index in [2.05, 4.69) is 4.98 Å². The number of aromatic nitrogens is 1. The lowest BCUT2D eigenvalue weighted by Gasteiger charge is -2.11. The van der Waals surface area contributed by atoms with E-state index in [1.807, 2.05) is 6.92 Å². The van der Waals surface area contributed by atoms with Crippen molar-refractivity contribution < 1.29 is 9.59 Å². The molecule has 6 heteroatoms. The van der Waals surface area contributed by atoms with Crippen molar-refractivity contribution in [2.75, 3.05) is 11.4 Å². The first-order valence-corrected chi connectivity index (χ1v) is 6.66. The molecule has 2 rings (SSSR count). The molecule has 1 saturated heterocycles. The predicted molar refractivity (Wildman–Crippen MR) is 65.9 cm³/mol. The summed E-state index contributed by atoms with van der Waals surface area (Å²) >= 11 is 2.76. The quantitative estimate of drug-likeness (QED) is 0.810. The standard InChI is InChI=1S/C10H12N2O2S2/c1-6-4-11-10(15-6)12-5-8(3-9(12)14)16-7(2)13/h4,8H,3,5H2,1-2H3. The minimum absolute atomic E-state index is 0.0631. The van der Waals surface area contributed by atoms with Crippen molar-refractivity contribution in [1.82, 2.24) is 4.98 Å². The fourth-order valence-corrected chi connectivity index (χ4v) is 3.35. The van der Waals surface area contributed by atoms with Gasteiger partial charge in [-0.2, -0.15) is 0 Å². The second-order valence-electron chi connectivity index (χ2n) is 3.69. The lowest BCUT2D eigenvalue weighted by molar-refractivity contribution is -0.117. The van der Waals surface area contributed by atoms with Gasteiger partial charge in [0.15, 0.2) is 10.2 Å². The van der Waals surface area contributed by atoms with E-state index in [4.69, 9.17) is 0 Å². The maximum Gasteiger partial charge on any atom is 0.230 e. The number of carbonyl (C=O) groups is 2. The van der Waals surface area contributed by atoms with Crippen molar-refractivity contribution in [1.29, 1.82) is 0 Å². The zero-order valence-electron chi connectivity index (χ0n) is 9.10. The van der Waals surface area contributed by atoms with Gasteiger partial charge < -0.3 is 0 Å². The number of thioether (sulfide) groups is 1. The van der Waals surface area contributed by atoms with Crippen LogP contribution < -0.4 is 4.90 Å². The number of hydrogen-bond donors (Lipinski definition) is 0. The Balaban J connectivity index is 2.08. The number of nitrogens with zero attached hydrogens (tertiary/aromatic N) is 2. The Morgan fingerprint density at radius 1 is 1.69 bits per heavy atom. The molecule has 0 aliphatic carbocycles. The molecule has 1 aromatic rings. The van der Waals surface area contributed by atoms with Crippen molar-refractivity contribution in [3.8, 4) is 0 Å². The largest absolute Gasteiger partial charge is 0.288 e. The van der Waals surface area contributed by atoms with Gasteiger partial charge in [0.25, 0.3) is 0 Å². The Bertz CT molecular complexity index is 430. The molecule has 1 fully saturated rings. The van der Waals surface area contributed by atoms with Crippen LogP contribution in [-0.4, -0.2) is 27.8 Å². The molecule has 86 valence electrons. The summed E-state index contributed by atoms with van der Waals surface area (Å²) in [6.45, 7) is 4.09. The number of aryl methyl sites for hydroxylation is 1. The third kappa shape index (κ3) is 2.44. The number of amides is 1. The number of carbonyl (C=O) groups excluding carboxylic acids is 2. The molecule has 16 heavy (non-hydrogen) atoms. The lowest BCUT2D eigenvalue weighted by Crippen LogP contribution is -2.24. The van der Waals surface area contributed by atoms with Crippen molar-refractivity contribution >= 4 is 39.3 Å². The summed E-state index contributed by atoms with van der Waals surface area (Å²) in [6, 6.07) is 0. The molecule has 4 nitrogen and oxygen atoms in total. The molecule has 1 aliphatic heterocycles. The van der Waals surface area contributed by atoms with Crippen LogP contribution in [0.25, 0.3) is 0 Å². The van der Waals surface area contributed by atoms with Gasteiger partial charge in [-0.1, -0.05) is 11.8 Å². The number of hydrogen-bond acceptors (Lipinski definition) is 5. The molecule has 0 aromatic carbocycles.